The number of carboxylic acids is 2. The third kappa shape index (κ3) is 6.29. The SMILES string of the molecule is CC(C(CCCCCCC(=O)O)C(=O)O)C(CO)(CO)CO. The van der Waals surface area contributed by atoms with E-state index >= 15 is 0 Å². The first kappa shape index (κ1) is 20.8. The van der Waals surface area contributed by atoms with Gasteiger partial charge < -0.3 is 25.5 Å². The summed E-state index contributed by atoms with van der Waals surface area (Å²) in [5.74, 6) is -3.21. The Morgan fingerprint density at radius 2 is 1.41 bits per heavy atom. The van der Waals surface area contributed by atoms with Crippen LogP contribution in [0.1, 0.15) is 45.4 Å². The number of hydrogen-bond acceptors (Lipinski definition) is 5. The first-order chi connectivity index (χ1) is 10.3. The van der Waals surface area contributed by atoms with E-state index in [0.29, 0.717) is 19.3 Å². The Labute approximate surface area is 130 Å². The molecule has 0 aliphatic carbocycles. The van der Waals surface area contributed by atoms with E-state index in [9.17, 15) is 30.0 Å². The van der Waals surface area contributed by atoms with Gasteiger partial charge in [0.05, 0.1) is 25.7 Å². The average Bonchev–Trinajstić information content (AvgIpc) is 2.48. The fourth-order valence-electron chi connectivity index (χ4n) is 2.59. The van der Waals surface area contributed by atoms with Gasteiger partial charge in [-0.1, -0.05) is 26.2 Å². The summed E-state index contributed by atoms with van der Waals surface area (Å²) >= 11 is 0. The lowest BCUT2D eigenvalue weighted by Gasteiger charge is -2.37. The molecule has 22 heavy (non-hydrogen) atoms. The molecule has 0 amide bonds. The lowest BCUT2D eigenvalue weighted by Crippen LogP contribution is -2.45. The van der Waals surface area contributed by atoms with Crippen molar-refractivity contribution in [3.63, 3.8) is 0 Å². The highest BCUT2D eigenvalue weighted by Crippen LogP contribution is 2.35. The smallest absolute Gasteiger partial charge is 0.306 e. The van der Waals surface area contributed by atoms with Crippen molar-refractivity contribution in [2.75, 3.05) is 19.8 Å². The van der Waals surface area contributed by atoms with Crippen molar-refractivity contribution in [1.29, 1.82) is 0 Å². The van der Waals surface area contributed by atoms with Gasteiger partial charge in [0.15, 0.2) is 0 Å². The van der Waals surface area contributed by atoms with Crippen LogP contribution < -0.4 is 0 Å². The molecule has 0 rings (SSSR count). The number of carboxylic acid groups (broad SMARTS) is 2. The van der Waals surface area contributed by atoms with Gasteiger partial charge in [-0.3, -0.25) is 9.59 Å². The monoisotopic (exact) mass is 320 g/mol. The molecule has 0 fully saturated rings. The van der Waals surface area contributed by atoms with Crippen LogP contribution in [0.5, 0.6) is 0 Å². The molecule has 0 aromatic carbocycles. The molecule has 0 saturated carbocycles. The van der Waals surface area contributed by atoms with Crippen molar-refractivity contribution in [2.24, 2.45) is 17.3 Å². The highest BCUT2D eigenvalue weighted by atomic mass is 16.4. The number of aliphatic carboxylic acids is 2. The zero-order chi connectivity index (χ0) is 17.2. The van der Waals surface area contributed by atoms with Crippen molar-refractivity contribution >= 4 is 11.9 Å². The van der Waals surface area contributed by atoms with Gasteiger partial charge >= 0.3 is 11.9 Å². The number of carbonyl (C=O) groups is 2. The summed E-state index contributed by atoms with van der Waals surface area (Å²) in [6.07, 6.45) is 3.12. The van der Waals surface area contributed by atoms with E-state index in [2.05, 4.69) is 0 Å². The molecule has 0 saturated heterocycles. The molecule has 0 aliphatic heterocycles. The molecule has 0 aromatic heterocycles. The summed E-state index contributed by atoms with van der Waals surface area (Å²) in [5, 5.41) is 46.1. The van der Waals surface area contributed by atoms with Gasteiger partial charge in [0.1, 0.15) is 0 Å². The minimum atomic E-state index is -1.22. The number of rotatable bonds is 13. The molecule has 0 radical (unpaired) electrons. The molecular formula is C15H28O7. The molecule has 2 unspecified atom stereocenters. The Hall–Kier alpha value is -1.18. The van der Waals surface area contributed by atoms with Crippen LogP contribution in [-0.4, -0.2) is 57.3 Å². The fourth-order valence-corrected chi connectivity index (χ4v) is 2.59. The van der Waals surface area contributed by atoms with Crippen LogP contribution in [0.3, 0.4) is 0 Å². The molecule has 0 aliphatic rings. The lowest BCUT2D eigenvalue weighted by molar-refractivity contribution is -0.148. The Morgan fingerprint density at radius 1 is 0.909 bits per heavy atom. The van der Waals surface area contributed by atoms with Crippen LogP contribution in [0.2, 0.25) is 0 Å². The van der Waals surface area contributed by atoms with Crippen molar-refractivity contribution < 1.29 is 35.1 Å². The molecule has 7 nitrogen and oxygen atoms in total. The van der Waals surface area contributed by atoms with Crippen molar-refractivity contribution in [3.05, 3.63) is 0 Å². The van der Waals surface area contributed by atoms with Crippen LogP contribution in [0.25, 0.3) is 0 Å². The van der Waals surface area contributed by atoms with Gasteiger partial charge in [0.2, 0.25) is 0 Å². The summed E-state index contributed by atoms with van der Waals surface area (Å²) in [7, 11) is 0. The first-order valence-corrected chi connectivity index (χ1v) is 7.61. The summed E-state index contributed by atoms with van der Waals surface area (Å²) in [6, 6.07) is 0. The zero-order valence-corrected chi connectivity index (χ0v) is 13.1. The largest absolute Gasteiger partial charge is 0.481 e. The second-order valence-electron chi connectivity index (χ2n) is 5.92. The van der Waals surface area contributed by atoms with Crippen LogP contribution in [0.15, 0.2) is 0 Å². The Balaban J connectivity index is 4.48. The number of hydrogen-bond donors (Lipinski definition) is 5. The molecular weight excluding hydrogens is 292 g/mol. The third-order valence-corrected chi connectivity index (χ3v) is 4.49. The first-order valence-electron chi connectivity index (χ1n) is 7.61. The van der Waals surface area contributed by atoms with E-state index in [1.807, 2.05) is 0 Å². The van der Waals surface area contributed by atoms with E-state index in [0.717, 1.165) is 12.8 Å². The van der Waals surface area contributed by atoms with Crippen molar-refractivity contribution in [2.45, 2.75) is 45.4 Å². The maximum absolute atomic E-state index is 11.4. The quantitative estimate of drug-likeness (QED) is 0.315. The molecule has 2 atom stereocenters. The molecule has 0 bridgehead atoms. The van der Waals surface area contributed by atoms with Gasteiger partial charge in [0.25, 0.3) is 0 Å². The summed E-state index contributed by atoms with van der Waals surface area (Å²) in [6.45, 7) is 0.169. The number of aliphatic hydroxyl groups excluding tert-OH is 3. The molecule has 0 aromatic rings. The summed E-state index contributed by atoms with van der Waals surface area (Å²) in [5.41, 5.74) is -1.22. The highest BCUT2D eigenvalue weighted by Gasteiger charge is 2.41. The third-order valence-electron chi connectivity index (χ3n) is 4.49. The standard InChI is InChI=1S/C15H28O7/c1-11(15(8-16,9-17)10-18)12(14(21)22)6-4-2-3-5-7-13(19)20/h11-12,16-18H,2-10H2,1H3,(H,19,20)(H,21,22). The Morgan fingerprint density at radius 3 is 1.82 bits per heavy atom. The number of aliphatic hydroxyl groups is 3. The van der Waals surface area contributed by atoms with Gasteiger partial charge in [0, 0.05) is 11.8 Å². The van der Waals surface area contributed by atoms with E-state index in [-0.39, 0.29) is 6.42 Å². The Bertz CT molecular complexity index is 331. The van der Waals surface area contributed by atoms with Crippen LogP contribution >= 0.6 is 0 Å². The minimum Gasteiger partial charge on any atom is -0.481 e. The second-order valence-corrected chi connectivity index (χ2v) is 5.92. The number of unbranched alkanes of at least 4 members (excludes halogenated alkanes) is 3. The van der Waals surface area contributed by atoms with Crippen LogP contribution in [-0.2, 0) is 9.59 Å². The summed E-state index contributed by atoms with van der Waals surface area (Å²) < 4.78 is 0. The van der Waals surface area contributed by atoms with Gasteiger partial charge in [-0.25, -0.2) is 0 Å². The van der Waals surface area contributed by atoms with E-state index < -0.39 is 49.0 Å². The average molecular weight is 320 g/mol. The second kappa shape index (κ2) is 10.5. The predicted octanol–water partition coefficient (Wildman–Crippen LogP) is 0.712. The van der Waals surface area contributed by atoms with Gasteiger partial charge in [-0.05, 0) is 18.8 Å². The molecule has 0 heterocycles. The molecule has 130 valence electrons. The Kier molecular flexibility index (Phi) is 9.97. The van der Waals surface area contributed by atoms with Crippen LogP contribution in [0, 0.1) is 17.3 Å². The van der Waals surface area contributed by atoms with Gasteiger partial charge in [-0.15, -0.1) is 0 Å². The normalized spacial score (nSPS) is 14.5. The lowest BCUT2D eigenvalue weighted by atomic mass is 9.70. The zero-order valence-electron chi connectivity index (χ0n) is 13.1. The maximum Gasteiger partial charge on any atom is 0.306 e. The highest BCUT2D eigenvalue weighted by molar-refractivity contribution is 5.70. The summed E-state index contributed by atoms with van der Waals surface area (Å²) in [4.78, 5) is 21.8. The van der Waals surface area contributed by atoms with E-state index in [1.165, 1.54) is 0 Å². The topological polar surface area (TPSA) is 135 Å². The van der Waals surface area contributed by atoms with Gasteiger partial charge in [-0.2, -0.15) is 0 Å². The van der Waals surface area contributed by atoms with Crippen LogP contribution in [0.4, 0.5) is 0 Å². The fraction of sp³-hybridized carbons (Fsp3) is 0.867. The minimum absolute atomic E-state index is 0.113. The molecule has 7 heteroatoms. The predicted molar refractivity (Wildman–Crippen MR) is 79.3 cm³/mol. The van der Waals surface area contributed by atoms with E-state index in [1.54, 1.807) is 6.92 Å². The van der Waals surface area contributed by atoms with Crippen molar-refractivity contribution in [3.8, 4) is 0 Å². The maximum atomic E-state index is 11.4. The van der Waals surface area contributed by atoms with E-state index in [4.69, 9.17) is 5.11 Å². The van der Waals surface area contributed by atoms with Crippen molar-refractivity contribution in [1.82, 2.24) is 0 Å². The molecule has 5 N–H and O–H groups in total. The molecule has 0 spiro atoms.